The van der Waals surface area contributed by atoms with Crippen LogP contribution >= 0.6 is 11.3 Å². The average molecular weight is 348 g/mol. The van der Waals surface area contributed by atoms with E-state index in [9.17, 15) is 0 Å². The van der Waals surface area contributed by atoms with E-state index in [0.717, 1.165) is 33.9 Å². The standard InChI is InChI=1S/C18H16N6S/c1-12-10-14(19-3)4-6-16(12)22-21-15-5-7-17(13(2)11-15)23-24-18-20-8-9-25-18/h4-11H,3H2,1-2H3. The van der Waals surface area contributed by atoms with Crippen LogP contribution in [0.3, 0.4) is 0 Å². The number of benzene rings is 2. The summed E-state index contributed by atoms with van der Waals surface area (Å²) in [5.74, 6) is 0. The Morgan fingerprint density at radius 2 is 1.48 bits per heavy atom. The van der Waals surface area contributed by atoms with Crippen LogP contribution in [-0.4, -0.2) is 11.7 Å². The molecule has 0 aliphatic heterocycles. The van der Waals surface area contributed by atoms with E-state index in [2.05, 4.69) is 37.2 Å². The van der Waals surface area contributed by atoms with Gasteiger partial charge in [-0.15, -0.1) is 21.6 Å². The van der Waals surface area contributed by atoms with Gasteiger partial charge in [0.2, 0.25) is 5.13 Å². The van der Waals surface area contributed by atoms with Crippen LogP contribution in [0.5, 0.6) is 0 Å². The Morgan fingerprint density at radius 1 is 0.840 bits per heavy atom. The van der Waals surface area contributed by atoms with Crippen molar-refractivity contribution >= 4 is 45.9 Å². The Balaban J connectivity index is 1.77. The quantitative estimate of drug-likeness (QED) is 0.364. The first kappa shape index (κ1) is 16.8. The molecule has 0 radical (unpaired) electrons. The molecule has 0 aliphatic carbocycles. The Morgan fingerprint density at radius 3 is 2.08 bits per heavy atom. The van der Waals surface area contributed by atoms with Crippen molar-refractivity contribution in [3.8, 4) is 0 Å². The first-order valence-corrected chi connectivity index (χ1v) is 8.44. The smallest absolute Gasteiger partial charge is 0.229 e. The van der Waals surface area contributed by atoms with E-state index < -0.39 is 0 Å². The van der Waals surface area contributed by atoms with Gasteiger partial charge in [0.15, 0.2) is 0 Å². The molecule has 0 aliphatic rings. The van der Waals surface area contributed by atoms with Gasteiger partial charge in [-0.2, -0.15) is 10.2 Å². The zero-order valence-corrected chi connectivity index (χ0v) is 14.7. The minimum atomic E-state index is 0.635. The van der Waals surface area contributed by atoms with Crippen molar-refractivity contribution in [3.05, 3.63) is 59.1 Å². The lowest BCUT2D eigenvalue weighted by molar-refractivity contribution is 1.17. The van der Waals surface area contributed by atoms with E-state index in [4.69, 9.17) is 0 Å². The Bertz CT molecular complexity index is 944. The highest BCUT2D eigenvalue weighted by molar-refractivity contribution is 7.13. The molecule has 3 aromatic rings. The molecule has 0 saturated carbocycles. The van der Waals surface area contributed by atoms with Crippen LogP contribution < -0.4 is 0 Å². The predicted octanol–water partition coefficient (Wildman–Crippen LogP) is 6.92. The fourth-order valence-corrected chi connectivity index (χ4v) is 2.59. The highest BCUT2D eigenvalue weighted by atomic mass is 32.1. The highest BCUT2D eigenvalue weighted by Crippen LogP contribution is 2.29. The van der Waals surface area contributed by atoms with Crippen LogP contribution in [0.4, 0.5) is 27.9 Å². The van der Waals surface area contributed by atoms with Crippen molar-refractivity contribution < 1.29 is 0 Å². The van der Waals surface area contributed by atoms with Crippen LogP contribution in [0.25, 0.3) is 0 Å². The number of nitrogens with zero attached hydrogens (tertiary/aromatic N) is 6. The zero-order chi connectivity index (χ0) is 17.6. The largest absolute Gasteiger partial charge is 0.265 e. The molecule has 0 amide bonds. The summed E-state index contributed by atoms with van der Waals surface area (Å²) in [6.45, 7) is 7.45. The third-order valence-corrected chi connectivity index (χ3v) is 4.13. The summed E-state index contributed by atoms with van der Waals surface area (Å²) in [5.41, 5.74) is 5.14. The first-order valence-electron chi connectivity index (χ1n) is 7.57. The number of hydrogen-bond acceptors (Lipinski definition) is 7. The molecule has 2 aromatic carbocycles. The molecule has 0 fully saturated rings. The Labute approximate surface area is 149 Å². The molecule has 0 bridgehead atoms. The Kier molecular flexibility index (Phi) is 5.15. The summed E-state index contributed by atoms with van der Waals surface area (Å²) < 4.78 is 0. The van der Waals surface area contributed by atoms with E-state index in [1.165, 1.54) is 11.3 Å². The number of azo groups is 2. The molecular weight excluding hydrogens is 332 g/mol. The van der Waals surface area contributed by atoms with E-state index in [1.54, 1.807) is 6.20 Å². The van der Waals surface area contributed by atoms with Crippen LogP contribution in [0, 0.1) is 13.8 Å². The predicted molar refractivity (Wildman–Crippen MR) is 102 cm³/mol. The van der Waals surface area contributed by atoms with Crippen LogP contribution in [0.2, 0.25) is 0 Å². The van der Waals surface area contributed by atoms with E-state index in [-0.39, 0.29) is 0 Å². The zero-order valence-electron chi connectivity index (χ0n) is 13.9. The molecule has 7 heteroatoms. The van der Waals surface area contributed by atoms with Gasteiger partial charge in [-0.25, -0.2) is 4.98 Å². The second kappa shape index (κ2) is 7.67. The topological polar surface area (TPSA) is 74.7 Å². The molecule has 0 spiro atoms. The lowest BCUT2D eigenvalue weighted by Gasteiger charge is -2.02. The summed E-state index contributed by atoms with van der Waals surface area (Å²) in [6, 6.07) is 11.3. The maximum absolute atomic E-state index is 4.31. The van der Waals surface area contributed by atoms with Gasteiger partial charge in [0.25, 0.3) is 0 Å². The maximum atomic E-state index is 4.31. The number of aliphatic imine (C=N–C) groups is 1. The molecule has 124 valence electrons. The average Bonchev–Trinajstić information content (AvgIpc) is 3.13. The van der Waals surface area contributed by atoms with Crippen molar-refractivity contribution in [2.75, 3.05) is 0 Å². The number of thiazole rings is 1. The van der Waals surface area contributed by atoms with Crippen molar-refractivity contribution in [2.24, 2.45) is 25.4 Å². The second-order valence-electron chi connectivity index (χ2n) is 5.31. The lowest BCUT2D eigenvalue weighted by Crippen LogP contribution is -1.75. The summed E-state index contributed by atoms with van der Waals surface area (Å²) in [5, 5.41) is 19.4. The van der Waals surface area contributed by atoms with Gasteiger partial charge in [-0.1, -0.05) is 0 Å². The van der Waals surface area contributed by atoms with Gasteiger partial charge in [-0.3, -0.25) is 4.99 Å². The van der Waals surface area contributed by atoms with E-state index in [1.807, 2.05) is 55.6 Å². The SMILES string of the molecule is C=Nc1ccc(N=Nc2ccc(N=Nc3nccs3)c(C)c2)c(C)c1. The normalized spacial score (nSPS) is 11.4. The fourth-order valence-electron chi connectivity index (χ4n) is 2.14. The molecule has 1 heterocycles. The number of aromatic nitrogens is 1. The Hall–Kier alpha value is -3.06. The molecule has 0 saturated heterocycles. The van der Waals surface area contributed by atoms with Crippen molar-refractivity contribution in [1.29, 1.82) is 0 Å². The number of hydrogen-bond donors (Lipinski definition) is 0. The molecule has 0 atom stereocenters. The maximum Gasteiger partial charge on any atom is 0.229 e. The fraction of sp³-hybridized carbons (Fsp3) is 0.111. The number of rotatable bonds is 5. The van der Waals surface area contributed by atoms with Crippen LogP contribution in [0.1, 0.15) is 11.1 Å². The first-order chi connectivity index (χ1) is 12.2. The van der Waals surface area contributed by atoms with Crippen molar-refractivity contribution in [2.45, 2.75) is 13.8 Å². The summed E-state index contributed by atoms with van der Waals surface area (Å²) in [4.78, 5) is 7.98. The number of aryl methyl sites for hydroxylation is 2. The third kappa shape index (κ3) is 4.27. The second-order valence-corrected chi connectivity index (χ2v) is 6.19. The molecule has 0 unspecified atom stereocenters. The molecule has 6 nitrogen and oxygen atoms in total. The molecular formula is C18H16N6S. The van der Waals surface area contributed by atoms with E-state index >= 15 is 0 Å². The summed E-state index contributed by atoms with van der Waals surface area (Å²) in [7, 11) is 0. The highest BCUT2D eigenvalue weighted by Gasteiger charge is 2.01. The van der Waals surface area contributed by atoms with Gasteiger partial charge in [0.1, 0.15) is 0 Å². The van der Waals surface area contributed by atoms with Gasteiger partial charge in [0.05, 0.1) is 22.7 Å². The van der Waals surface area contributed by atoms with Gasteiger partial charge in [-0.05, 0) is 68.1 Å². The molecule has 1 aromatic heterocycles. The summed E-state index contributed by atoms with van der Waals surface area (Å²) in [6.07, 6.45) is 1.70. The van der Waals surface area contributed by atoms with Crippen LogP contribution in [0.15, 0.2) is 73.4 Å². The third-order valence-electron chi connectivity index (χ3n) is 3.48. The lowest BCUT2D eigenvalue weighted by atomic mass is 10.2. The van der Waals surface area contributed by atoms with Gasteiger partial charge < -0.3 is 0 Å². The minimum Gasteiger partial charge on any atom is -0.265 e. The van der Waals surface area contributed by atoms with Crippen molar-refractivity contribution in [3.63, 3.8) is 0 Å². The molecule has 3 rings (SSSR count). The minimum absolute atomic E-state index is 0.635. The molecule has 25 heavy (non-hydrogen) atoms. The summed E-state index contributed by atoms with van der Waals surface area (Å²) >= 11 is 1.45. The van der Waals surface area contributed by atoms with Crippen LogP contribution in [-0.2, 0) is 0 Å². The monoisotopic (exact) mass is 348 g/mol. The van der Waals surface area contributed by atoms with Gasteiger partial charge >= 0.3 is 0 Å². The van der Waals surface area contributed by atoms with E-state index in [0.29, 0.717) is 5.13 Å². The molecule has 0 N–H and O–H groups in total. The van der Waals surface area contributed by atoms with Crippen molar-refractivity contribution in [1.82, 2.24) is 4.98 Å². The van der Waals surface area contributed by atoms with Gasteiger partial charge in [0, 0.05) is 11.6 Å².